The third-order valence-electron chi connectivity index (χ3n) is 4.73. The van der Waals surface area contributed by atoms with E-state index >= 15 is 0 Å². The van der Waals surface area contributed by atoms with Crippen molar-refractivity contribution in [3.8, 4) is 0 Å². The Hall–Kier alpha value is -2.80. The second-order valence-electron chi connectivity index (χ2n) is 5.96. The van der Waals surface area contributed by atoms with Crippen molar-refractivity contribution in [2.75, 3.05) is 14.2 Å². The molecule has 0 radical (unpaired) electrons. The number of hydrazone groups is 1. The van der Waals surface area contributed by atoms with E-state index in [-0.39, 0.29) is 5.71 Å². The highest BCUT2D eigenvalue weighted by Crippen LogP contribution is 2.53. The van der Waals surface area contributed by atoms with Crippen molar-refractivity contribution in [2.45, 2.75) is 15.3 Å². The first-order chi connectivity index (χ1) is 12.6. The summed E-state index contributed by atoms with van der Waals surface area (Å²) in [6.45, 7) is 0. The molecule has 1 spiro atoms. The van der Waals surface area contributed by atoms with Crippen molar-refractivity contribution < 1.29 is 19.1 Å². The third-order valence-corrected chi connectivity index (χ3v) is 5.89. The van der Waals surface area contributed by atoms with Crippen molar-refractivity contribution in [3.05, 3.63) is 59.7 Å². The van der Waals surface area contributed by atoms with E-state index in [0.717, 1.165) is 20.9 Å². The number of methoxy groups -OCH3 is 2. The molecular formula is C19H16N2O4S. The summed E-state index contributed by atoms with van der Waals surface area (Å²) < 4.78 is 9.89. The molecule has 26 heavy (non-hydrogen) atoms. The van der Waals surface area contributed by atoms with E-state index in [0.29, 0.717) is 0 Å². The van der Waals surface area contributed by atoms with Crippen molar-refractivity contribution in [3.63, 3.8) is 0 Å². The number of carbonyl (C=O) groups is 2. The molecule has 2 aromatic rings. The Morgan fingerprint density at radius 2 is 1.58 bits per heavy atom. The Balaban J connectivity index is 2.00. The molecule has 0 fully saturated rings. The minimum atomic E-state index is -1.02. The lowest BCUT2D eigenvalue weighted by molar-refractivity contribution is -0.146. The molecule has 0 aromatic heterocycles. The largest absolute Gasteiger partial charge is 0.468 e. The molecule has 6 nitrogen and oxygen atoms in total. The fourth-order valence-corrected chi connectivity index (χ4v) is 4.82. The topological polar surface area (TPSA) is 77.0 Å². The van der Waals surface area contributed by atoms with Gasteiger partial charge >= 0.3 is 11.9 Å². The smallest absolute Gasteiger partial charge is 0.355 e. The summed E-state index contributed by atoms with van der Waals surface area (Å²) in [6, 6.07) is 15.6. The van der Waals surface area contributed by atoms with Crippen LogP contribution >= 0.6 is 11.8 Å². The second-order valence-corrected chi connectivity index (χ2v) is 7.04. The van der Waals surface area contributed by atoms with Crippen LogP contribution in [0.1, 0.15) is 11.1 Å². The highest BCUT2D eigenvalue weighted by atomic mass is 32.2. The van der Waals surface area contributed by atoms with Crippen molar-refractivity contribution in [2.24, 2.45) is 11.0 Å². The highest BCUT2D eigenvalue weighted by Gasteiger charge is 2.58. The maximum absolute atomic E-state index is 12.8. The van der Waals surface area contributed by atoms with Crippen LogP contribution in [0.25, 0.3) is 0 Å². The van der Waals surface area contributed by atoms with Gasteiger partial charge in [0.25, 0.3) is 0 Å². The van der Waals surface area contributed by atoms with E-state index in [2.05, 4.69) is 10.5 Å². The number of ether oxygens (including phenoxy) is 2. The van der Waals surface area contributed by atoms with Gasteiger partial charge in [-0.25, -0.2) is 4.79 Å². The monoisotopic (exact) mass is 368 g/mol. The maximum atomic E-state index is 12.8. The predicted octanol–water partition coefficient (Wildman–Crippen LogP) is 2.32. The van der Waals surface area contributed by atoms with Crippen LogP contribution in [0, 0.1) is 5.92 Å². The van der Waals surface area contributed by atoms with Gasteiger partial charge in [-0.3, -0.25) is 10.2 Å². The van der Waals surface area contributed by atoms with Gasteiger partial charge in [0.15, 0.2) is 5.71 Å². The molecule has 0 amide bonds. The molecule has 0 saturated carbocycles. The zero-order valence-electron chi connectivity index (χ0n) is 14.2. The standard InChI is InChI=1S/C19H16N2O4S/c1-24-17(22)15-16(18(23)25-2)20-21-19(15)11-7-3-5-9-13(11)26-14-10-6-4-8-12(14)19/h3-10,15,21H,1-2H3. The van der Waals surface area contributed by atoms with Gasteiger partial charge in [-0.05, 0) is 23.3 Å². The van der Waals surface area contributed by atoms with Gasteiger partial charge in [-0.2, -0.15) is 5.10 Å². The lowest BCUT2D eigenvalue weighted by atomic mass is 9.72. The second kappa shape index (κ2) is 6.17. The quantitative estimate of drug-likeness (QED) is 0.820. The fourth-order valence-electron chi connectivity index (χ4n) is 3.61. The Labute approximate surface area is 154 Å². The number of rotatable bonds is 2. The van der Waals surface area contributed by atoms with E-state index < -0.39 is 23.4 Å². The summed E-state index contributed by atoms with van der Waals surface area (Å²) >= 11 is 1.62. The zero-order valence-corrected chi connectivity index (χ0v) is 15.0. The van der Waals surface area contributed by atoms with Crippen LogP contribution < -0.4 is 5.43 Å². The zero-order chi connectivity index (χ0) is 18.3. The highest BCUT2D eigenvalue weighted by molar-refractivity contribution is 7.99. The van der Waals surface area contributed by atoms with Crippen LogP contribution in [-0.4, -0.2) is 31.9 Å². The van der Waals surface area contributed by atoms with Crippen LogP contribution in [0.5, 0.6) is 0 Å². The van der Waals surface area contributed by atoms with Gasteiger partial charge in [-0.15, -0.1) is 0 Å². The van der Waals surface area contributed by atoms with Gasteiger partial charge in [0, 0.05) is 9.79 Å². The van der Waals surface area contributed by atoms with Crippen LogP contribution in [0.3, 0.4) is 0 Å². The number of fused-ring (bicyclic) bond motifs is 4. The van der Waals surface area contributed by atoms with Crippen LogP contribution in [0.4, 0.5) is 0 Å². The minimum Gasteiger partial charge on any atom is -0.468 e. The van der Waals surface area contributed by atoms with E-state index in [9.17, 15) is 9.59 Å². The number of hydrogen-bond donors (Lipinski definition) is 1. The Bertz CT molecular complexity index is 895. The first-order valence-corrected chi connectivity index (χ1v) is 8.83. The summed E-state index contributed by atoms with van der Waals surface area (Å²) in [7, 11) is 2.57. The first kappa shape index (κ1) is 16.7. The van der Waals surface area contributed by atoms with Crippen molar-refractivity contribution in [1.29, 1.82) is 0 Å². The average Bonchev–Trinajstić information content (AvgIpc) is 3.08. The molecule has 0 bridgehead atoms. The minimum absolute atomic E-state index is 0.0101. The lowest BCUT2D eigenvalue weighted by Gasteiger charge is -2.40. The Morgan fingerprint density at radius 3 is 2.12 bits per heavy atom. The summed E-state index contributed by atoms with van der Waals surface area (Å²) in [6.07, 6.45) is 0. The van der Waals surface area contributed by atoms with E-state index in [1.807, 2.05) is 48.5 Å². The first-order valence-electron chi connectivity index (χ1n) is 8.01. The Morgan fingerprint density at radius 1 is 1.00 bits per heavy atom. The third kappa shape index (κ3) is 2.17. The number of carbonyl (C=O) groups excluding carboxylic acids is 2. The molecule has 7 heteroatoms. The number of nitrogens with one attached hydrogen (secondary N) is 1. The van der Waals surface area contributed by atoms with E-state index in [4.69, 9.17) is 9.47 Å². The lowest BCUT2D eigenvalue weighted by Crippen LogP contribution is -2.51. The molecule has 1 atom stereocenters. The van der Waals surface area contributed by atoms with E-state index in [1.54, 1.807) is 11.8 Å². The van der Waals surface area contributed by atoms with Gasteiger partial charge in [0.2, 0.25) is 0 Å². The normalized spacial score (nSPS) is 19.0. The van der Waals surface area contributed by atoms with Crippen molar-refractivity contribution in [1.82, 2.24) is 5.43 Å². The molecule has 1 N–H and O–H groups in total. The average molecular weight is 368 g/mol. The van der Waals surface area contributed by atoms with Gasteiger partial charge in [0.1, 0.15) is 11.5 Å². The predicted molar refractivity (Wildman–Crippen MR) is 95.9 cm³/mol. The summed E-state index contributed by atoms with van der Waals surface area (Å²) in [5, 5.41) is 4.21. The molecule has 2 aliphatic heterocycles. The molecule has 132 valence electrons. The molecule has 0 saturated heterocycles. The van der Waals surface area contributed by atoms with Gasteiger partial charge in [0.05, 0.1) is 14.2 Å². The number of hydrogen-bond acceptors (Lipinski definition) is 7. The Kier molecular flexibility index (Phi) is 3.96. The molecule has 0 aliphatic carbocycles. The van der Waals surface area contributed by atoms with Gasteiger partial charge in [-0.1, -0.05) is 48.2 Å². The van der Waals surface area contributed by atoms with Gasteiger partial charge < -0.3 is 9.47 Å². The van der Waals surface area contributed by atoms with Crippen LogP contribution in [0.15, 0.2) is 63.4 Å². The molecule has 2 aliphatic rings. The number of esters is 2. The fraction of sp³-hybridized carbons (Fsp3) is 0.211. The maximum Gasteiger partial charge on any atom is 0.355 e. The number of nitrogens with zero attached hydrogens (tertiary/aromatic N) is 1. The van der Waals surface area contributed by atoms with Crippen LogP contribution in [0.2, 0.25) is 0 Å². The molecule has 2 heterocycles. The molecule has 4 rings (SSSR count). The summed E-state index contributed by atoms with van der Waals surface area (Å²) in [4.78, 5) is 27.1. The summed E-state index contributed by atoms with van der Waals surface area (Å²) in [5.74, 6) is -2.16. The number of benzene rings is 2. The molecule has 2 aromatic carbocycles. The molecular weight excluding hydrogens is 352 g/mol. The molecule has 1 unspecified atom stereocenters. The van der Waals surface area contributed by atoms with Crippen LogP contribution in [-0.2, 0) is 24.6 Å². The van der Waals surface area contributed by atoms with E-state index in [1.165, 1.54) is 14.2 Å². The SMILES string of the molecule is COC(=O)C1=NNC2(c3ccccc3Sc3ccccc32)C1C(=O)OC. The van der Waals surface area contributed by atoms with Crippen molar-refractivity contribution >= 4 is 29.4 Å². The summed E-state index contributed by atoms with van der Waals surface area (Å²) in [5.41, 5.74) is 3.83.